The van der Waals surface area contributed by atoms with Crippen LogP contribution in [-0.4, -0.2) is 104 Å². The van der Waals surface area contributed by atoms with Crippen molar-refractivity contribution in [3.8, 4) is 11.6 Å². The third kappa shape index (κ3) is 9.05. The summed E-state index contributed by atoms with van der Waals surface area (Å²) in [7, 11) is -2.97. The maximum absolute atomic E-state index is 14.7. The molecule has 4 amide bonds. The minimum Gasteiger partial charge on any atom is -0.497 e. The minimum atomic E-state index is -4.54. The first-order valence-electron chi connectivity index (χ1n) is 19.1. The Kier molecular flexibility index (Phi) is 11.6. The van der Waals surface area contributed by atoms with Gasteiger partial charge in [0.15, 0.2) is 0 Å². The Bertz CT molecular complexity index is 1960. The number of aromatic nitrogens is 1. The normalized spacial score (nSPS) is 25.2. The zero-order valence-corrected chi connectivity index (χ0v) is 33.6. The molecule has 306 valence electrons. The summed E-state index contributed by atoms with van der Waals surface area (Å²) in [5, 5.41) is 7.03. The van der Waals surface area contributed by atoms with E-state index in [9.17, 15) is 27.6 Å². The second kappa shape index (κ2) is 15.8. The molecule has 0 radical (unpaired) electrons. The number of alkyl carbamates (subject to hydrolysis) is 1. The Hall–Kier alpha value is -4.48. The van der Waals surface area contributed by atoms with Gasteiger partial charge in [0.2, 0.25) is 17.7 Å². The number of hydrogen-bond acceptors (Lipinski definition) is 12. The van der Waals surface area contributed by atoms with E-state index >= 15 is 0 Å². The summed E-state index contributed by atoms with van der Waals surface area (Å²) in [6.07, 6.45) is 3.60. The molecule has 2 aliphatic carbocycles. The largest absolute Gasteiger partial charge is 0.497 e. The molecule has 1 unspecified atom stereocenters. The van der Waals surface area contributed by atoms with Crippen molar-refractivity contribution >= 4 is 44.9 Å². The van der Waals surface area contributed by atoms with Gasteiger partial charge in [0, 0.05) is 37.1 Å². The fraction of sp³-hybridized carbons (Fsp3) is 0.615. The second-order valence-corrected chi connectivity index (χ2v) is 17.7. The third-order valence-corrected chi connectivity index (χ3v) is 12.1. The molecular weight excluding hydrogens is 747 g/mol. The average Bonchev–Trinajstić information content (AvgIpc) is 4.03. The van der Waals surface area contributed by atoms with Gasteiger partial charge in [0.25, 0.3) is 5.91 Å². The van der Waals surface area contributed by atoms with Crippen molar-refractivity contribution in [2.45, 2.75) is 108 Å². The summed E-state index contributed by atoms with van der Waals surface area (Å²) in [6.45, 7) is 13.3. The van der Waals surface area contributed by atoms with E-state index in [1.54, 1.807) is 52.3 Å². The molecule has 3 N–H and O–H groups in total. The van der Waals surface area contributed by atoms with Crippen molar-refractivity contribution in [2.75, 3.05) is 26.9 Å². The maximum atomic E-state index is 14.7. The first kappa shape index (κ1) is 41.2. The zero-order valence-electron chi connectivity index (χ0n) is 32.8. The zero-order chi connectivity index (χ0) is 40.6. The van der Waals surface area contributed by atoms with Gasteiger partial charge in [0.1, 0.15) is 35.1 Å². The van der Waals surface area contributed by atoms with Crippen LogP contribution in [-0.2, 0) is 38.3 Å². The number of carbonyl (C=O) groups excluding carboxylic acids is 4. The van der Waals surface area contributed by atoms with E-state index in [0.717, 1.165) is 5.39 Å². The first-order chi connectivity index (χ1) is 26.4. The number of nitrogens with zero attached hydrogens (tertiary/aromatic N) is 2. The summed E-state index contributed by atoms with van der Waals surface area (Å²) in [5.74, 6) is -2.34. The first-order valence-corrected chi connectivity index (χ1v) is 20.5. The lowest BCUT2D eigenvalue weighted by atomic mass is 9.90. The summed E-state index contributed by atoms with van der Waals surface area (Å²) in [4.78, 5) is 61.8. The van der Waals surface area contributed by atoms with E-state index in [1.807, 2.05) is 24.6 Å². The van der Waals surface area contributed by atoms with Gasteiger partial charge in [-0.25, -0.2) is 18.7 Å². The molecule has 2 saturated heterocycles. The molecule has 2 aliphatic heterocycles. The quantitative estimate of drug-likeness (QED) is 0.235. The molecule has 1 aromatic carbocycles. The van der Waals surface area contributed by atoms with Crippen LogP contribution in [0.2, 0.25) is 0 Å². The Labute approximate surface area is 327 Å². The standard InChI is InChI=1S/C39H53N5O11S/c1-8-26-21-39(26,35(47)43-56(49,50)55-38(14-15-38)23(2)3)42-32(45)30-20-28(53-33-29-10-9-27(51-7)19-25(29)11-16-40-33)22-44(30)34(46)31(24-12-17-52-18-13-24)41-36(48)54-37(4,5)6/h8-11,16,19,23-24,26,28,30-31H,1,12-15,17-18,20-22H2,2-7H3,(H,41,48)(H,42,45)(H,43,47)/t26-,28-,30?,31+,39-/m1/s1. The van der Waals surface area contributed by atoms with Crippen molar-refractivity contribution in [3.05, 3.63) is 43.1 Å². The van der Waals surface area contributed by atoms with Crippen molar-refractivity contribution in [2.24, 2.45) is 17.8 Å². The van der Waals surface area contributed by atoms with Crippen LogP contribution in [0, 0.1) is 17.8 Å². The molecule has 4 fully saturated rings. The number of ether oxygens (including phenoxy) is 4. The van der Waals surface area contributed by atoms with Crippen LogP contribution in [0.25, 0.3) is 10.8 Å². The lowest BCUT2D eigenvalue weighted by Crippen LogP contribution is -2.59. The Morgan fingerprint density at radius 2 is 1.82 bits per heavy atom. The minimum absolute atomic E-state index is 0.00644. The van der Waals surface area contributed by atoms with Crippen LogP contribution < -0.4 is 24.8 Å². The molecule has 16 nitrogen and oxygen atoms in total. The number of amides is 4. The molecule has 2 saturated carbocycles. The molecule has 0 bridgehead atoms. The summed E-state index contributed by atoms with van der Waals surface area (Å²) in [5.41, 5.74) is -3.39. The highest BCUT2D eigenvalue weighted by Gasteiger charge is 2.62. The summed E-state index contributed by atoms with van der Waals surface area (Å²) < 4.78 is 56.5. The lowest BCUT2D eigenvalue weighted by molar-refractivity contribution is -0.142. The Morgan fingerprint density at radius 3 is 2.43 bits per heavy atom. The van der Waals surface area contributed by atoms with E-state index in [4.69, 9.17) is 23.1 Å². The number of methoxy groups -OCH3 is 1. The topological polar surface area (TPSA) is 201 Å². The SMILES string of the molecule is C=C[C@@H]1C[C@]1(NC(=O)C1C[C@@H](Oc2nccc3cc(OC)ccc23)CN1C(=O)[C@@H](NC(=O)OC(C)(C)C)C1CCOCC1)C(=O)NS(=O)(=O)OC1(C(C)C)CC1. The number of rotatable bonds is 14. The molecule has 2 aromatic rings. The van der Waals surface area contributed by atoms with Crippen LogP contribution in [0.5, 0.6) is 11.6 Å². The van der Waals surface area contributed by atoms with Crippen molar-refractivity contribution in [1.82, 2.24) is 25.2 Å². The molecule has 5 atom stereocenters. The highest BCUT2D eigenvalue weighted by Crippen LogP contribution is 2.48. The Balaban J connectivity index is 1.28. The average molecular weight is 800 g/mol. The van der Waals surface area contributed by atoms with Gasteiger partial charge in [0.05, 0.1) is 19.3 Å². The predicted molar refractivity (Wildman–Crippen MR) is 204 cm³/mol. The van der Waals surface area contributed by atoms with Crippen LogP contribution >= 0.6 is 0 Å². The molecule has 17 heteroatoms. The lowest BCUT2D eigenvalue weighted by Gasteiger charge is -2.35. The second-order valence-electron chi connectivity index (χ2n) is 16.5. The highest BCUT2D eigenvalue weighted by molar-refractivity contribution is 7.85. The molecule has 1 aromatic heterocycles. The number of hydrogen-bond donors (Lipinski definition) is 3. The summed E-state index contributed by atoms with van der Waals surface area (Å²) >= 11 is 0. The van der Waals surface area contributed by atoms with Gasteiger partial charge in [-0.15, -0.1) is 6.58 Å². The van der Waals surface area contributed by atoms with E-state index in [1.165, 1.54) is 11.0 Å². The molecule has 56 heavy (non-hydrogen) atoms. The van der Waals surface area contributed by atoms with E-state index < -0.39 is 75.0 Å². The Morgan fingerprint density at radius 1 is 1.11 bits per heavy atom. The van der Waals surface area contributed by atoms with Gasteiger partial charge in [-0.05, 0) is 94.4 Å². The van der Waals surface area contributed by atoms with Gasteiger partial charge in [-0.3, -0.25) is 14.4 Å². The molecule has 0 spiro atoms. The smallest absolute Gasteiger partial charge is 0.408 e. The van der Waals surface area contributed by atoms with E-state index in [0.29, 0.717) is 50.0 Å². The molecule has 4 aliphatic rings. The predicted octanol–water partition coefficient (Wildman–Crippen LogP) is 3.54. The van der Waals surface area contributed by atoms with Crippen LogP contribution in [0.15, 0.2) is 43.1 Å². The fourth-order valence-electron chi connectivity index (χ4n) is 7.59. The molecule has 3 heterocycles. The van der Waals surface area contributed by atoms with Gasteiger partial charge in [-0.1, -0.05) is 19.9 Å². The third-order valence-electron chi connectivity index (χ3n) is 11.1. The number of pyridine rings is 1. The van der Waals surface area contributed by atoms with E-state index in [-0.39, 0.29) is 37.1 Å². The van der Waals surface area contributed by atoms with E-state index in [2.05, 4.69) is 22.2 Å². The van der Waals surface area contributed by atoms with Gasteiger partial charge in [-0.2, -0.15) is 8.42 Å². The van der Waals surface area contributed by atoms with Crippen LogP contribution in [0.1, 0.15) is 73.1 Å². The number of likely N-dealkylation sites (tertiary alicyclic amines) is 1. The molecule has 6 rings (SSSR count). The maximum Gasteiger partial charge on any atom is 0.408 e. The van der Waals surface area contributed by atoms with Crippen molar-refractivity contribution < 1.29 is 50.7 Å². The monoisotopic (exact) mass is 799 g/mol. The van der Waals surface area contributed by atoms with Crippen molar-refractivity contribution in [3.63, 3.8) is 0 Å². The van der Waals surface area contributed by atoms with Gasteiger partial charge >= 0.3 is 16.4 Å². The number of benzene rings is 1. The van der Waals surface area contributed by atoms with Crippen LogP contribution in [0.3, 0.4) is 0 Å². The van der Waals surface area contributed by atoms with Crippen LogP contribution in [0.4, 0.5) is 4.79 Å². The molecular formula is C39H53N5O11S. The number of carbonyl (C=O) groups is 4. The fourth-order valence-corrected chi connectivity index (χ4v) is 8.83. The highest BCUT2D eigenvalue weighted by atomic mass is 32.2. The van der Waals surface area contributed by atoms with Gasteiger partial charge < -0.3 is 34.5 Å². The van der Waals surface area contributed by atoms with Crippen molar-refractivity contribution in [1.29, 1.82) is 0 Å². The number of nitrogens with one attached hydrogen (secondary N) is 3. The summed E-state index contributed by atoms with van der Waals surface area (Å²) in [6, 6.07) is 4.95. The number of fused-ring (bicyclic) bond motifs is 1.